The van der Waals surface area contributed by atoms with Crippen LogP contribution in [0.25, 0.3) is 0 Å². The molecule has 3 heteroatoms. The second-order valence-electron chi connectivity index (χ2n) is 6.64. The van der Waals surface area contributed by atoms with Gasteiger partial charge in [-0.05, 0) is 49.8 Å². The number of aromatic nitrogens is 2. The number of fused-ring (bicyclic) bond motifs is 1. The largest absolute Gasteiger partial charge is 0.368 e. The van der Waals surface area contributed by atoms with Crippen molar-refractivity contribution >= 4 is 5.82 Å². The predicted molar refractivity (Wildman–Crippen MR) is 86.0 cm³/mol. The number of benzene rings is 1. The fraction of sp³-hybridized carbons (Fsp3) is 0.500. The highest BCUT2D eigenvalue weighted by Crippen LogP contribution is 2.45. The van der Waals surface area contributed by atoms with Gasteiger partial charge in [-0.1, -0.05) is 24.6 Å². The standard InChI is InChI=1S/C18H23N3/c1-11-6-7-14(10-12(11)2)15-8-9-19-18-16(15)17(20-21-18)13-4-3-5-13/h6-7,10,13,15H,3-5,8-9H2,1-2H3,(H2,19,20,21). The fourth-order valence-electron chi connectivity index (χ4n) is 3.65. The first-order valence-corrected chi connectivity index (χ1v) is 8.13. The normalized spacial score (nSPS) is 21.5. The maximum Gasteiger partial charge on any atom is 0.151 e. The van der Waals surface area contributed by atoms with Crippen LogP contribution in [-0.4, -0.2) is 16.7 Å². The lowest BCUT2D eigenvalue weighted by Gasteiger charge is -2.30. The smallest absolute Gasteiger partial charge is 0.151 e. The Morgan fingerprint density at radius 1 is 1.10 bits per heavy atom. The zero-order valence-electron chi connectivity index (χ0n) is 12.9. The molecule has 3 nitrogen and oxygen atoms in total. The van der Waals surface area contributed by atoms with E-state index in [4.69, 9.17) is 0 Å². The van der Waals surface area contributed by atoms with Crippen LogP contribution in [0.5, 0.6) is 0 Å². The van der Waals surface area contributed by atoms with E-state index < -0.39 is 0 Å². The van der Waals surface area contributed by atoms with E-state index in [2.05, 4.69) is 47.6 Å². The van der Waals surface area contributed by atoms with Gasteiger partial charge in [-0.3, -0.25) is 5.10 Å². The van der Waals surface area contributed by atoms with Gasteiger partial charge in [0.2, 0.25) is 0 Å². The van der Waals surface area contributed by atoms with E-state index in [1.165, 1.54) is 47.2 Å². The molecule has 1 aromatic carbocycles. The quantitative estimate of drug-likeness (QED) is 0.864. The summed E-state index contributed by atoms with van der Waals surface area (Å²) in [4.78, 5) is 0. The summed E-state index contributed by atoms with van der Waals surface area (Å²) in [7, 11) is 0. The van der Waals surface area contributed by atoms with Crippen LogP contribution in [0, 0.1) is 13.8 Å². The third-order valence-electron chi connectivity index (χ3n) is 5.35. The molecule has 1 aliphatic carbocycles. The molecule has 1 aromatic heterocycles. The molecule has 4 rings (SSSR count). The van der Waals surface area contributed by atoms with Crippen molar-refractivity contribution in [1.29, 1.82) is 0 Å². The average molecular weight is 281 g/mol. The molecule has 2 aromatic rings. The third kappa shape index (κ3) is 2.06. The van der Waals surface area contributed by atoms with Crippen LogP contribution in [0.3, 0.4) is 0 Å². The maximum absolute atomic E-state index is 4.54. The zero-order valence-corrected chi connectivity index (χ0v) is 12.9. The van der Waals surface area contributed by atoms with Crippen molar-refractivity contribution < 1.29 is 0 Å². The summed E-state index contributed by atoms with van der Waals surface area (Å²) >= 11 is 0. The monoisotopic (exact) mass is 281 g/mol. The van der Waals surface area contributed by atoms with Crippen LogP contribution >= 0.6 is 0 Å². The number of aryl methyl sites for hydroxylation is 2. The number of rotatable bonds is 2. The molecule has 110 valence electrons. The van der Waals surface area contributed by atoms with Gasteiger partial charge in [-0.25, -0.2) is 0 Å². The number of hydrogen-bond acceptors (Lipinski definition) is 2. The van der Waals surface area contributed by atoms with Gasteiger partial charge in [-0.2, -0.15) is 5.10 Å². The lowest BCUT2D eigenvalue weighted by molar-refractivity contribution is 0.407. The summed E-state index contributed by atoms with van der Waals surface area (Å²) in [6, 6.07) is 6.93. The number of H-pyrrole nitrogens is 1. The Bertz CT molecular complexity index is 667. The Kier molecular flexibility index (Phi) is 3.02. The van der Waals surface area contributed by atoms with Crippen molar-refractivity contribution in [2.45, 2.75) is 51.4 Å². The highest BCUT2D eigenvalue weighted by atomic mass is 15.2. The van der Waals surface area contributed by atoms with E-state index in [0.29, 0.717) is 11.8 Å². The first-order chi connectivity index (χ1) is 10.2. The Morgan fingerprint density at radius 3 is 2.67 bits per heavy atom. The molecule has 21 heavy (non-hydrogen) atoms. The number of hydrogen-bond donors (Lipinski definition) is 2. The molecule has 1 saturated carbocycles. The zero-order chi connectivity index (χ0) is 14.4. The predicted octanol–water partition coefficient (Wildman–Crippen LogP) is 4.24. The third-order valence-corrected chi connectivity index (χ3v) is 5.35. The summed E-state index contributed by atoms with van der Waals surface area (Å²) in [5, 5.41) is 11.3. The summed E-state index contributed by atoms with van der Waals surface area (Å²) in [5.74, 6) is 2.29. The maximum atomic E-state index is 4.54. The molecule has 0 spiro atoms. The molecular formula is C18H23N3. The molecular weight excluding hydrogens is 258 g/mol. The van der Waals surface area contributed by atoms with E-state index in [0.717, 1.165) is 18.8 Å². The lowest BCUT2D eigenvalue weighted by Crippen LogP contribution is -2.20. The summed E-state index contributed by atoms with van der Waals surface area (Å²) in [5.41, 5.74) is 7.05. The highest BCUT2D eigenvalue weighted by Gasteiger charge is 2.32. The second-order valence-corrected chi connectivity index (χ2v) is 6.64. The van der Waals surface area contributed by atoms with E-state index in [1.807, 2.05) is 0 Å². The van der Waals surface area contributed by atoms with Gasteiger partial charge < -0.3 is 5.32 Å². The van der Waals surface area contributed by atoms with Crippen LogP contribution < -0.4 is 5.32 Å². The van der Waals surface area contributed by atoms with Crippen molar-refractivity contribution in [2.24, 2.45) is 0 Å². The van der Waals surface area contributed by atoms with E-state index in [1.54, 1.807) is 0 Å². The van der Waals surface area contributed by atoms with Crippen LogP contribution in [0.1, 0.15) is 65.5 Å². The van der Waals surface area contributed by atoms with Gasteiger partial charge in [0, 0.05) is 29.6 Å². The van der Waals surface area contributed by atoms with Gasteiger partial charge in [0.25, 0.3) is 0 Å². The number of aromatic amines is 1. The summed E-state index contributed by atoms with van der Waals surface area (Å²) in [6.45, 7) is 5.41. The average Bonchev–Trinajstić information content (AvgIpc) is 2.84. The fourth-order valence-corrected chi connectivity index (χ4v) is 3.65. The van der Waals surface area contributed by atoms with Crippen molar-refractivity contribution in [3.05, 3.63) is 46.1 Å². The molecule has 1 unspecified atom stereocenters. The number of nitrogens with zero attached hydrogens (tertiary/aromatic N) is 1. The van der Waals surface area contributed by atoms with Crippen molar-refractivity contribution in [3.8, 4) is 0 Å². The second kappa shape index (κ2) is 4.90. The molecule has 0 amide bonds. The van der Waals surface area contributed by atoms with Gasteiger partial charge in [0.15, 0.2) is 5.82 Å². The Balaban J connectivity index is 1.78. The van der Waals surface area contributed by atoms with Crippen molar-refractivity contribution in [1.82, 2.24) is 10.2 Å². The van der Waals surface area contributed by atoms with E-state index in [-0.39, 0.29) is 0 Å². The molecule has 1 aliphatic heterocycles. The Hall–Kier alpha value is -1.77. The van der Waals surface area contributed by atoms with Gasteiger partial charge in [0.05, 0.1) is 0 Å². The molecule has 2 heterocycles. The molecule has 0 saturated heterocycles. The van der Waals surface area contributed by atoms with Crippen LogP contribution in [0.4, 0.5) is 5.82 Å². The van der Waals surface area contributed by atoms with Gasteiger partial charge in [0.1, 0.15) is 0 Å². The van der Waals surface area contributed by atoms with E-state index >= 15 is 0 Å². The number of anilines is 1. The Morgan fingerprint density at radius 2 is 1.95 bits per heavy atom. The van der Waals surface area contributed by atoms with Crippen molar-refractivity contribution in [2.75, 3.05) is 11.9 Å². The molecule has 0 radical (unpaired) electrons. The van der Waals surface area contributed by atoms with Crippen molar-refractivity contribution in [3.63, 3.8) is 0 Å². The van der Waals surface area contributed by atoms with Crippen LogP contribution in [0.15, 0.2) is 18.2 Å². The van der Waals surface area contributed by atoms with Crippen LogP contribution in [-0.2, 0) is 0 Å². The molecule has 1 fully saturated rings. The van der Waals surface area contributed by atoms with Gasteiger partial charge >= 0.3 is 0 Å². The first kappa shape index (κ1) is 12.9. The first-order valence-electron chi connectivity index (χ1n) is 8.13. The molecule has 2 N–H and O–H groups in total. The van der Waals surface area contributed by atoms with Gasteiger partial charge in [-0.15, -0.1) is 0 Å². The highest BCUT2D eigenvalue weighted by molar-refractivity contribution is 5.56. The minimum atomic E-state index is 0.495. The summed E-state index contributed by atoms with van der Waals surface area (Å²) in [6.07, 6.45) is 5.15. The van der Waals surface area contributed by atoms with Crippen LogP contribution in [0.2, 0.25) is 0 Å². The minimum absolute atomic E-state index is 0.495. The lowest BCUT2D eigenvalue weighted by atomic mass is 9.77. The molecule has 0 bridgehead atoms. The van der Waals surface area contributed by atoms with E-state index in [9.17, 15) is 0 Å². The minimum Gasteiger partial charge on any atom is -0.368 e. The Labute approximate surface area is 126 Å². The SMILES string of the molecule is Cc1ccc(C2CCNc3n[nH]c(C4CCC4)c32)cc1C. The summed E-state index contributed by atoms with van der Waals surface area (Å²) < 4.78 is 0. The molecule has 2 aliphatic rings. The molecule has 1 atom stereocenters. The number of nitrogens with one attached hydrogen (secondary N) is 2. The topological polar surface area (TPSA) is 40.7 Å².